The summed E-state index contributed by atoms with van der Waals surface area (Å²) in [7, 11) is 0. The van der Waals surface area contributed by atoms with E-state index in [4.69, 9.17) is 0 Å². The first kappa shape index (κ1) is 11.2. The highest BCUT2D eigenvalue weighted by Gasteiger charge is 2.10. The van der Waals surface area contributed by atoms with E-state index in [1.165, 1.54) is 5.57 Å². The molecule has 1 heteroatoms. The van der Waals surface area contributed by atoms with Gasteiger partial charge in [0, 0.05) is 6.20 Å². The number of nitrogens with zero attached hydrogens (tertiary/aromatic N) is 1. The Morgan fingerprint density at radius 3 is 2.33 bits per heavy atom. The summed E-state index contributed by atoms with van der Waals surface area (Å²) < 4.78 is 0. The molecule has 0 aliphatic rings. The van der Waals surface area contributed by atoms with Crippen LogP contribution < -0.4 is 0 Å². The molecule has 0 aliphatic carbocycles. The second-order valence-electron chi connectivity index (χ2n) is 4.12. The van der Waals surface area contributed by atoms with E-state index in [9.17, 15) is 0 Å². The summed E-state index contributed by atoms with van der Waals surface area (Å²) >= 11 is 0. The summed E-state index contributed by atoms with van der Waals surface area (Å²) in [5.74, 6) is 0. The number of rotatable bonds is 3. The third-order valence-electron chi connectivity index (χ3n) is 1.37. The standard InChI is InChI=1S/C11H19N/c1-6-7-10(9-12-5)8-11(2,3)4/h6-7,9H,5,8H2,1-4H3. The first-order chi connectivity index (χ1) is 5.49. The molecule has 12 heavy (non-hydrogen) atoms. The fraction of sp³-hybridized carbons (Fsp3) is 0.545. The minimum atomic E-state index is 0.316. The van der Waals surface area contributed by atoms with Gasteiger partial charge in [-0.3, -0.25) is 4.99 Å². The van der Waals surface area contributed by atoms with Crippen molar-refractivity contribution in [3.63, 3.8) is 0 Å². The van der Waals surface area contributed by atoms with Gasteiger partial charge in [0.25, 0.3) is 0 Å². The highest BCUT2D eigenvalue weighted by Crippen LogP contribution is 2.24. The second kappa shape index (κ2) is 4.91. The highest BCUT2D eigenvalue weighted by atomic mass is 14.6. The lowest BCUT2D eigenvalue weighted by Gasteiger charge is -2.18. The molecule has 0 saturated carbocycles. The van der Waals surface area contributed by atoms with E-state index in [2.05, 4.69) is 38.6 Å². The Balaban J connectivity index is 4.34. The van der Waals surface area contributed by atoms with Crippen LogP contribution in [0.3, 0.4) is 0 Å². The lowest BCUT2D eigenvalue weighted by atomic mass is 9.88. The predicted molar refractivity (Wildman–Crippen MR) is 56.5 cm³/mol. The van der Waals surface area contributed by atoms with Crippen LogP contribution in [0.4, 0.5) is 0 Å². The molecule has 0 amide bonds. The monoisotopic (exact) mass is 165 g/mol. The Kier molecular flexibility index (Phi) is 4.57. The summed E-state index contributed by atoms with van der Waals surface area (Å²) in [6.07, 6.45) is 6.98. The molecule has 1 nitrogen and oxygen atoms in total. The van der Waals surface area contributed by atoms with Gasteiger partial charge >= 0.3 is 0 Å². The third kappa shape index (κ3) is 5.90. The van der Waals surface area contributed by atoms with E-state index in [1.807, 2.05) is 19.2 Å². The van der Waals surface area contributed by atoms with E-state index in [-0.39, 0.29) is 0 Å². The lowest BCUT2D eigenvalue weighted by molar-refractivity contribution is 0.413. The Bertz CT molecular complexity index is 192. The lowest BCUT2D eigenvalue weighted by Crippen LogP contribution is -2.05. The molecule has 0 aromatic heterocycles. The van der Waals surface area contributed by atoms with Crippen molar-refractivity contribution in [3.8, 4) is 0 Å². The molecule has 0 radical (unpaired) electrons. The van der Waals surface area contributed by atoms with Gasteiger partial charge in [-0.25, -0.2) is 0 Å². The SMILES string of the molecule is C=NC=C(C=CC)CC(C)(C)C. The maximum absolute atomic E-state index is 3.78. The molecule has 0 aromatic carbocycles. The molecule has 0 spiro atoms. The van der Waals surface area contributed by atoms with Crippen LogP contribution in [0.2, 0.25) is 0 Å². The molecule has 0 atom stereocenters. The molecular formula is C11H19N. The summed E-state index contributed by atoms with van der Waals surface area (Å²) in [5, 5.41) is 0. The molecule has 0 heterocycles. The summed E-state index contributed by atoms with van der Waals surface area (Å²) in [6.45, 7) is 12.1. The zero-order valence-corrected chi connectivity index (χ0v) is 8.59. The predicted octanol–water partition coefficient (Wildman–Crippen LogP) is 3.58. The Labute approximate surface area is 75.9 Å². The van der Waals surface area contributed by atoms with Crippen molar-refractivity contribution in [3.05, 3.63) is 23.9 Å². The summed E-state index contributed by atoms with van der Waals surface area (Å²) in [6, 6.07) is 0. The Morgan fingerprint density at radius 1 is 1.42 bits per heavy atom. The minimum Gasteiger partial charge on any atom is -0.272 e. The summed E-state index contributed by atoms with van der Waals surface area (Å²) in [5.41, 5.74) is 1.55. The van der Waals surface area contributed by atoms with Crippen molar-refractivity contribution in [2.24, 2.45) is 10.4 Å². The van der Waals surface area contributed by atoms with Gasteiger partial charge in [0.05, 0.1) is 0 Å². The first-order valence-electron chi connectivity index (χ1n) is 4.27. The molecule has 0 bridgehead atoms. The van der Waals surface area contributed by atoms with Crippen molar-refractivity contribution in [2.75, 3.05) is 0 Å². The van der Waals surface area contributed by atoms with Crippen molar-refractivity contribution >= 4 is 6.72 Å². The van der Waals surface area contributed by atoms with E-state index in [0.29, 0.717) is 5.41 Å². The van der Waals surface area contributed by atoms with Gasteiger partial charge in [-0.05, 0) is 31.1 Å². The van der Waals surface area contributed by atoms with Gasteiger partial charge in [-0.2, -0.15) is 0 Å². The highest BCUT2D eigenvalue weighted by molar-refractivity contribution is 5.29. The van der Waals surface area contributed by atoms with Crippen LogP contribution in [0.25, 0.3) is 0 Å². The van der Waals surface area contributed by atoms with Crippen molar-refractivity contribution < 1.29 is 0 Å². The molecule has 0 fully saturated rings. The zero-order valence-electron chi connectivity index (χ0n) is 8.59. The van der Waals surface area contributed by atoms with Crippen LogP contribution in [-0.4, -0.2) is 6.72 Å². The van der Waals surface area contributed by atoms with Gasteiger partial charge in [0.15, 0.2) is 0 Å². The molecule has 0 aliphatic heterocycles. The van der Waals surface area contributed by atoms with Crippen LogP contribution in [0, 0.1) is 5.41 Å². The third-order valence-corrected chi connectivity index (χ3v) is 1.37. The Morgan fingerprint density at radius 2 is 2.00 bits per heavy atom. The minimum absolute atomic E-state index is 0.316. The van der Waals surface area contributed by atoms with Gasteiger partial charge in [-0.15, -0.1) is 0 Å². The number of allylic oxidation sites excluding steroid dienone is 3. The number of aliphatic imine (C=N–C) groups is 1. The zero-order chi connectivity index (χ0) is 9.61. The van der Waals surface area contributed by atoms with Gasteiger partial charge in [0.2, 0.25) is 0 Å². The van der Waals surface area contributed by atoms with E-state index < -0.39 is 0 Å². The largest absolute Gasteiger partial charge is 0.272 e. The van der Waals surface area contributed by atoms with Crippen molar-refractivity contribution in [1.82, 2.24) is 0 Å². The van der Waals surface area contributed by atoms with E-state index in [0.717, 1.165) is 6.42 Å². The molecule has 0 rings (SSSR count). The van der Waals surface area contributed by atoms with E-state index in [1.54, 1.807) is 0 Å². The van der Waals surface area contributed by atoms with Gasteiger partial charge in [-0.1, -0.05) is 32.9 Å². The number of hydrogen-bond donors (Lipinski definition) is 0. The second-order valence-corrected chi connectivity index (χ2v) is 4.12. The average molecular weight is 165 g/mol. The molecular weight excluding hydrogens is 146 g/mol. The smallest absolute Gasteiger partial charge is 0.0292 e. The normalized spacial score (nSPS) is 13.8. The maximum Gasteiger partial charge on any atom is 0.0292 e. The first-order valence-corrected chi connectivity index (χ1v) is 4.27. The van der Waals surface area contributed by atoms with E-state index >= 15 is 0 Å². The van der Waals surface area contributed by atoms with Crippen LogP contribution in [-0.2, 0) is 0 Å². The fourth-order valence-electron chi connectivity index (χ4n) is 1.09. The quantitative estimate of drug-likeness (QED) is 0.447. The Hall–Kier alpha value is -0.850. The van der Waals surface area contributed by atoms with Crippen LogP contribution >= 0.6 is 0 Å². The molecule has 0 unspecified atom stereocenters. The topological polar surface area (TPSA) is 12.4 Å². The van der Waals surface area contributed by atoms with Crippen molar-refractivity contribution in [2.45, 2.75) is 34.1 Å². The van der Waals surface area contributed by atoms with Crippen LogP contribution in [0.5, 0.6) is 0 Å². The van der Waals surface area contributed by atoms with Gasteiger partial charge < -0.3 is 0 Å². The number of hydrogen-bond acceptors (Lipinski definition) is 1. The summed E-state index contributed by atoms with van der Waals surface area (Å²) in [4.78, 5) is 3.78. The average Bonchev–Trinajstić information content (AvgIpc) is 1.84. The molecule has 68 valence electrons. The molecule has 0 saturated heterocycles. The van der Waals surface area contributed by atoms with Crippen LogP contribution in [0.1, 0.15) is 34.1 Å². The molecule has 0 aromatic rings. The van der Waals surface area contributed by atoms with Gasteiger partial charge in [0.1, 0.15) is 0 Å². The molecule has 0 N–H and O–H groups in total. The maximum atomic E-state index is 3.78. The fourth-order valence-corrected chi connectivity index (χ4v) is 1.09. The van der Waals surface area contributed by atoms with Crippen molar-refractivity contribution in [1.29, 1.82) is 0 Å². The van der Waals surface area contributed by atoms with Crippen LogP contribution in [0.15, 0.2) is 28.9 Å².